The van der Waals surface area contributed by atoms with Gasteiger partial charge in [0, 0.05) is 36.8 Å². The number of rotatable bonds is 6. The van der Waals surface area contributed by atoms with Gasteiger partial charge < -0.3 is 19.3 Å². The number of esters is 2. The molecule has 3 rings (SSSR count). The maximum Gasteiger partial charge on any atom is 0.330 e. The highest BCUT2D eigenvalue weighted by Crippen LogP contribution is 2.36. The van der Waals surface area contributed by atoms with Gasteiger partial charge in [0.25, 0.3) is 5.56 Å². The summed E-state index contributed by atoms with van der Waals surface area (Å²) in [4.78, 5) is 49.9. The lowest BCUT2D eigenvalue weighted by atomic mass is 10.1. The van der Waals surface area contributed by atoms with Gasteiger partial charge in [-0.2, -0.15) is 0 Å². The van der Waals surface area contributed by atoms with Crippen molar-refractivity contribution in [3.8, 4) is 5.75 Å². The van der Waals surface area contributed by atoms with Crippen molar-refractivity contribution in [3.63, 3.8) is 0 Å². The number of H-pyrrole nitrogens is 1. The zero-order valence-electron chi connectivity index (χ0n) is 16.1. The van der Waals surface area contributed by atoms with E-state index in [0.717, 1.165) is 15.5 Å². The summed E-state index contributed by atoms with van der Waals surface area (Å²) in [7, 11) is 0. The molecule has 160 valence electrons. The molecule has 30 heavy (non-hydrogen) atoms. The number of carbonyl (C=O) groups excluding carboxylic acids is 2. The summed E-state index contributed by atoms with van der Waals surface area (Å²) in [6, 6.07) is 7.62. The van der Waals surface area contributed by atoms with Gasteiger partial charge in [-0.15, -0.1) is 11.8 Å². The number of phenolic OH excluding ortho intramolecular Hbond substituents is 1. The second-order valence-electron chi connectivity index (χ2n) is 6.54. The average Bonchev–Trinajstić information content (AvgIpc) is 2.97. The number of nitrogens with zero attached hydrogens (tertiary/aromatic N) is 1. The van der Waals surface area contributed by atoms with Gasteiger partial charge in [-0.25, -0.2) is 4.79 Å². The largest absolute Gasteiger partial charge is 0.508 e. The molecule has 1 aromatic heterocycles. The number of thioether (sulfide) groups is 1. The maximum atomic E-state index is 12.3. The van der Waals surface area contributed by atoms with E-state index in [2.05, 4.69) is 4.98 Å². The molecule has 1 aliphatic heterocycles. The first-order valence-electron chi connectivity index (χ1n) is 8.98. The van der Waals surface area contributed by atoms with Crippen LogP contribution in [0.2, 0.25) is 0 Å². The van der Waals surface area contributed by atoms with Crippen LogP contribution in [0.15, 0.2) is 51.0 Å². The molecule has 0 bridgehead atoms. The van der Waals surface area contributed by atoms with Crippen LogP contribution >= 0.6 is 11.8 Å². The molecule has 0 unspecified atom stereocenters. The highest BCUT2D eigenvalue weighted by molar-refractivity contribution is 7.99. The van der Waals surface area contributed by atoms with Crippen molar-refractivity contribution in [1.29, 1.82) is 0 Å². The van der Waals surface area contributed by atoms with Crippen molar-refractivity contribution in [3.05, 3.63) is 57.4 Å². The van der Waals surface area contributed by atoms with Crippen molar-refractivity contribution >= 4 is 23.7 Å². The fourth-order valence-corrected chi connectivity index (χ4v) is 4.02. The van der Waals surface area contributed by atoms with Crippen molar-refractivity contribution in [2.45, 2.75) is 43.3 Å². The van der Waals surface area contributed by atoms with Crippen LogP contribution in [0, 0.1) is 0 Å². The summed E-state index contributed by atoms with van der Waals surface area (Å²) in [6.07, 6.45) is -2.67. The maximum absolute atomic E-state index is 12.3. The molecule has 1 aromatic carbocycles. The van der Waals surface area contributed by atoms with E-state index in [4.69, 9.17) is 14.2 Å². The molecule has 0 amide bonds. The number of nitrogens with one attached hydrogen (secondary N) is 1. The van der Waals surface area contributed by atoms with Crippen molar-refractivity contribution < 1.29 is 28.9 Å². The number of aromatic amines is 1. The average molecular weight is 436 g/mol. The Kier molecular flexibility index (Phi) is 6.63. The number of benzene rings is 1. The molecule has 1 aliphatic rings. The second-order valence-corrected chi connectivity index (χ2v) is 7.63. The van der Waals surface area contributed by atoms with Gasteiger partial charge >= 0.3 is 17.6 Å². The van der Waals surface area contributed by atoms with Crippen molar-refractivity contribution in [1.82, 2.24) is 9.55 Å². The third-order valence-corrected chi connectivity index (χ3v) is 5.37. The van der Waals surface area contributed by atoms with E-state index in [1.54, 1.807) is 12.1 Å². The first-order chi connectivity index (χ1) is 14.2. The smallest absolute Gasteiger partial charge is 0.330 e. The Balaban J connectivity index is 1.90. The Hall–Kier alpha value is -3.05. The van der Waals surface area contributed by atoms with Gasteiger partial charge in [0.15, 0.2) is 18.4 Å². The minimum absolute atomic E-state index is 0.127. The van der Waals surface area contributed by atoms with Crippen LogP contribution < -0.4 is 11.2 Å². The molecule has 11 heteroatoms. The van der Waals surface area contributed by atoms with Crippen LogP contribution in [0.4, 0.5) is 0 Å². The van der Waals surface area contributed by atoms with Gasteiger partial charge in [0.2, 0.25) is 0 Å². The molecule has 1 saturated heterocycles. The highest BCUT2D eigenvalue weighted by Gasteiger charge is 2.50. The molecule has 10 nitrogen and oxygen atoms in total. The molecule has 2 N–H and O–H groups in total. The zero-order chi connectivity index (χ0) is 21.8. The molecule has 0 spiro atoms. The summed E-state index contributed by atoms with van der Waals surface area (Å²) in [5.41, 5.74) is -1.34. The summed E-state index contributed by atoms with van der Waals surface area (Å²) in [5, 5.41) is 9.41. The number of carbonyl (C=O) groups is 2. The summed E-state index contributed by atoms with van der Waals surface area (Å²) >= 11 is 1.37. The number of aromatic hydroxyl groups is 1. The summed E-state index contributed by atoms with van der Waals surface area (Å²) in [6.45, 7) is 2.41. The molecule has 0 aliphatic carbocycles. The Bertz CT molecular complexity index is 1030. The van der Waals surface area contributed by atoms with Crippen LogP contribution in [0.25, 0.3) is 0 Å². The van der Waals surface area contributed by atoms with Gasteiger partial charge in [-0.1, -0.05) is 0 Å². The number of ether oxygens (including phenoxy) is 3. The molecular weight excluding hydrogens is 416 g/mol. The van der Waals surface area contributed by atoms with Crippen LogP contribution in [0.3, 0.4) is 0 Å². The standard InChI is InChI=1S/C19H20N2O8S/c1-10(22)27-16-14(9-30-13-5-3-12(24)4-6-13)29-18(17(16)28-11(2)23)21-8-7-15(25)20-19(21)26/h3-8,14,16-18,24H,9H2,1-2H3,(H,20,25,26)/t14-,16-,17-,18-/m1/s1. The van der Waals surface area contributed by atoms with Crippen LogP contribution in [-0.2, 0) is 23.8 Å². The monoisotopic (exact) mass is 436 g/mol. The number of hydrogen-bond donors (Lipinski definition) is 2. The molecule has 4 atom stereocenters. The van der Waals surface area contributed by atoms with E-state index < -0.39 is 47.7 Å². The van der Waals surface area contributed by atoms with Gasteiger partial charge in [-0.3, -0.25) is 23.9 Å². The number of phenols is 1. The van der Waals surface area contributed by atoms with E-state index in [9.17, 15) is 24.3 Å². The molecule has 0 saturated carbocycles. The third-order valence-electron chi connectivity index (χ3n) is 4.27. The lowest BCUT2D eigenvalue weighted by Gasteiger charge is -2.23. The van der Waals surface area contributed by atoms with Gasteiger partial charge in [0.1, 0.15) is 11.9 Å². The Labute approximate surface area is 174 Å². The van der Waals surface area contributed by atoms with E-state index in [1.807, 2.05) is 0 Å². The fourth-order valence-electron chi connectivity index (χ4n) is 3.07. The van der Waals surface area contributed by atoms with E-state index in [0.29, 0.717) is 5.75 Å². The van der Waals surface area contributed by atoms with Crippen molar-refractivity contribution in [2.75, 3.05) is 5.75 Å². The molecular formula is C19H20N2O8S. The number of aromatic nitrogens is 2. The predicted molar refractivity (Wildman–Crippen MR) is 105 cm³/mol. The molecule has 1 fully saturated rings. The number of hydrogen-bond acceptors (Lipinski definition) is 9. The first-order valence-corrected chi connectivity index (χ1v) is 9.96. The minimum Gasteiger partial charge on any atom is -0.508 e. The Morgan fingerprint density at radius 1 is 1.10 bits per heavy atom. The summed E-state index contributed by atoms with van der Waals surface area (Å²) in [5.74, 6) is -0.818. The zero-order valence-corrected chi connectivity index (χ0v) is 17.0. The van der Waals surface area contributed by atoms with Crippen molar-refractivity contribution in [2.24, 2.45) is 0 Å². The molecule has 0 radical (unpaired) electrons. The quantitative estimate of drug-likeness (QED) is 0.497. The normalized spacial score (nSPS) is 23.1. The van der Waals surface area contributed by atoms with Crippen LogP contribution in [-0.4, -0.2) is 50.7 Å². The van der Waals surface area contributed by atoms with E-state index in [1.165, 1.54) is 43.9 Å². The third kappa shape index (κ3) is 5.10. The molecule has 2 aromatic rings. The second kappa shape index (κ2) is 9.18. The first kappa shape index (κ1) is 21.7. The highest BCUT2D eigenvalue weighted by atomic mass is 32.2. The van der Waals surface area contributed by atoms with Gasteiger partial charge in [0.05, 0.1) is 0 Å². The SMILES string of the molecule is CC(=O)O[C@@H]1[C@H](OC(C)=O)[C@@H](CSc2ccc(O)cc2)O[C@H]1n1ccc(=O)[nH]c1=O. The van der Waals surface area contributed by atoms with E-state index in [-0.39, 0.29) is 5.75 Å². The topological polar surface area (TPSA) is 137 Å². The lowest BCUT2D eigenvalue weighted by molar-refractivity contribution is -0.165. The Morgan fingerprint density at radius 2 is 1.73 bits per heavy atom. The van der Waals surface area contributed by atoms with Crippen LogP contribution in [0.1, 0.15) is 20.1 Å². The minimum atomic E-state index is -1.10. The summed E-state index contributed by atoms with van der Waals surface area (Å²) < 4.78 is 17.8. The van der Waals surface area contributed by atoms with E-state index >= 15 is 0 Å². The fraction of sp³-hybridized carbons (Fsp3) is 0.368. The Morgan fingerprint density at radius 3 is 2.33 bits per heavy atom. The van der Waals surface area contributed by atoms with Gasteiger partial charge in [-0.05, 0) is 24.3 Å². The van der Waals surface area contributed by atoms with Crippen LogP contribution in [0.5, 0.6) is 5.75 Å². The predicted octanol–water partition coefficient (Wildman–Crippen LogP) is 0.795. The molecule has 2 heterocycles. The lowest BCUT2D eigenvalue weighted by Crippen LogP contribution is -2.42.